The third kappa shape index (κ3) is 3.34. The fourth-order valence-corrected chi connectivity index (χ4v) is 3.25. The number of benzene rings is 2. The van der Waals surface area contributed by atoms with E-state index in [-0.39, 0.29) is 11.7 Å². The maximum Gasteiger partial charge on any atom is 0.416 e. The van der Waals surface area contributed by atoms with Crippen molar-refractivity contribution >= 4 is 16.9 Å². The summed E-state index contributed by atoms with van der Waals surface area (Å²) in [5.41, 5.74) is 0.744. The zero-order valence-corrected chi connectivity index (χ0v) is 14.2. The molecule has 8 heteroatoms. The third-order valence-corrected chi connectivity index (χ3v) is 4.65. The number of carboxylic acid groups (broad SMARTS) is 1. The van der Waals surface area contributed by atoms with Gasteiger partial charge in [0.2, 0.25) is 0 Å². The van der Waals surface area contributed by atoms with Gasteiger partial charge in [-0.2, -0.15) is 18.3 Å². The van der Waals surface area contributed by atoms with Crippen LogP contribution in [0.25, 0.3) is 10.9 Å². The van der Waals surface area contributed by atoms with Gasteiger partial charge < -0.3 is 9.84 Å². The minimum atomic E-state index is -4.40. The second-order valence-corrected chi connectivity index (χ2v) is 6.66. The van der Waals surface area contributed by atoms with Crippen molar-refractivity contribution in [2.75, 3.05) is 0 Å². The van der Waals surface area contributed by atoms with Crippen LogP contribution in [0.4, 0.5) is 13.2 Å². The summed E-state index contributed by atoms with van der Waals surface area (Å²) in [6, 6.07) is 7.89. The summed E-state index contributed by atoms with van der Waals surface area (Å²) < 4.78 is 45.4. The Hall–Kier alpha value is -3.03. The van der Waals surface area contributed by atoms with E-state index >= 15 is 0 Å². The van der Waals surface area contributed by atoms with Gasteiger partial charge in [-0.25, -0.2) is 0 Å². The smallest absolute Gasteiger partial charge is 0.416 e. The average molecular weight is 376 g/mol. The average Bonchev–Trinajstić information content (AvgIpc) is 3.29. The highest BCUT2D eigenvalue weighted by atomic mass is 19.4. The van der Waals surface area contributed by atoms with Crippen LogP contribution in [0, 0.1) is 5.92 Å². The lowest BCUT2D eigenvalue weighted by molar-refractivity contribution is -0.139. The summed E-state index contributed by atoms with van der Waals surface area (Å²) >= 11 is 0. The molecule has 1 aromatic heterocycles. The van der Waals surface area contributed by atoms with Gasteiger partial charge in [-0.15, -0.1) is 0 Å². The fourth-order valence-electron chi connectivity index (χ4n) is 3.25. The first-order chi connectivity index (χ1) is 12.7. The van der Waals surface area contributed by atoms with E-state index in [1.807, 2.05) is 0 Å². The third-order valence-electron chi connectivity index (χ3n) is 4.65. The van der Waals surface area contributed by atoms with Crippen LogP contribution in [0.2, 0.25) is 0 Å². The van der Waals surface area contributed by atoms with Crippen LogP contribution in [-0.4, -0.2) is 20.9 Å². The van der Waals surface area contributed by atoms with Crippen LogP contribution in [0.1, 0.15) is 23.5 Å². The van der Waals surface area contributed by atoms with E-state index in [0.29, 0.717) is 17.7 Å². The molecule has 0 unspecified atom stereocenters. The number of rotatable bonds is 4. The van der Waals surface area contributed by atoms with Crippen LogP contribution in [0.3, 0.4) is 0 Å². The highest BCUT2D eigenvalue weighted by Gasteiger charge is 2.45. The van der Waals surface area contributed by atoms with Crippen molar-refractivity contribution in [1.29, 1.82) is 0 Å². The Morgan fingerprint density at radius 2 is 1.93 bits per heavy atom. The van der Waals surface area contributed by atoms with Crippen molar-refractivity contribution in [3.05, 3.63) is 53.7 Å². The fraction of sp³-hybridized carbons (Fsp3) is 0.263. The molecular formula is C19H15F3N2O3. The predicted octanol–water partition coefficient (Wildman–Crippen LogP) is 4.57. The molecule has 0 bridgehead atoms. The highest BCUT2D eigenvalue weighted by molar-refractivity contribution is 5.86. The Morgan fingerprint density at radius 3 is 2.52 bits per heavy atom. The van der Waals surface area contributed by atoms with Crippen LogP contribution in [0.5, 0.6) is 11.5 Å². The molecule has 27 heavy (non-hydrogen) atoms. The van der Waals surface area contributed by atoms with Crippen molar-refractivity contribution in [3.63, 3.8) is 0 Å². The first-order valence-electron chi connectivity index (χ1n) is 8.27. The van der Waals surface area contributed by atoms with E-state index in [9.17, 15) is 23.1 Å². The summed E-state index contributed by atoms with van der Waals surface area (Å²) in [5, 5.41) is 14.4. The van der Waals surface area contributed by atoms with Gasteiger partial charge in [-0.05, 0) is 48.4 Å². The van der Waals surface area contributed by atoms with Crippen molar-refractivity contribution in [2.24, 2.45) is 13.0 Å². The second-order valence-electron chi connectivity index (χ2n) is 6.66. The maximum atomic E-state index is 12.7. The van der Waals surface area contributed by atoms with Gasteiger partial charge in [-0.3, -0.25) is 9.48 Å². The van der Waals surface area contributed by atoms with Gasteiger partial charge in [0, 0.05) is 24.5 Å². The minimum absolute atomic E-state index is 0.143. The lowest BCUT2D eigenvalue weighted by atomic mass is 10.1. The standard InChI is InChI=1S/C19H15F3N2O3/c1-24-9-10-6-13(27-12-4-2-11(3-5-12)19(20,21)22)7-15(17(10)23-24)14-8-16(14)18(25)26/h2-7,9,14,16H,8H2,1H3,(H,25,26)/t14-,16+/m0/s1. The molecule has 1 heterocycles. The van der Waals surface area contributed by atoms with Crippen molar-refractivity contribution in [3.8, 4) is 11.5 Å². The second kappa shape index (κ2) is 6.00. The number of ether oxygens (including phenoxy) is 1. The van der Waals surface area contributed by atoms with E-state index in [1.165, 1.54) is 12.1 Å². The molecular weight excluding hydrogens is 361 g/mol. The molecule has 5 nitrogen and oxygen atoms in total. The summed E-state index contributed by atoms with van der Waals surface area (Å²) in [5.74, 6) is -0.741. The summed E-state index contributed by atoms with van der Waals surface area (Å²) in [6.45, 7) is 0. The number of alkyl halides is 3. The van der Waals surface area contributed by atoms with Gasteiger partial charge in [0.25, 0.3) is 0 Å². The Labute approximate surface area is 152 Å². The number of aliphatic carboxylic acids is 1. The molecule has 2 aromatic carbocycles. The van der Waals surface area contributed by atoms with E-state index in [2.05, 4.69) is 5.10 Å². The minimum Gasteiger partial charge on any atom is -0.481 e. The highest BCUT2D eigenvalue weighted by Crippen LogP contribution is 2.50. The van der Waals surface area contributed by atoms with Crippen LogP contribution in [-0.2, 0) is 18.0 Å². The summed E-state index contributed by atoms with van der Waals surface area (Å²) in [7, 11) is 1.77. The molecule has 4 rings (SSSR count). The zero-order chi connectivity index (χ0) is 19.3. The van der Waals surface area contributed by atoms with Gasteiger partial charge in [-0.1, -0.05) is 0 Å². The number of carboxylic acids is 1. The largest absolute Gasteiger partial charge is 0.481 e. The summed E-state index contributed by atoms with van der Waals surface area (Å²) in [4.78, 5) is 11.2. The summed E-state index contributed by atoms with van der Waals surface area (Å²) in [6.07, 6.45) is -2.08. The van der Waals surface area contributed by atoms with Gasteiger partial charge in [0.05, 0.1) is 17.0 Å². The van der Waals surface area contributed by atoms with E-state index < -0.39 is 23.6 Å². The quantitative estimate of drug-likeness (QED) is 0.724. The van der Waals surface area contributed by atoms with Crippen LogP contribution >= 0.6 is 0 Å². The molecule has 140 valence electrons. The predicted molar refractivity (Wildman–Crippen MR) is 90.7 cm³/mol. The molecule has 1 saturated carbocycles. The number of fused-ring (bicyclic) bond motifs is 1. The topological polar surface area (TPSA) is 64.3 Å². The Kier molecular flexibility index (Phi) is 3.87. The van der Waals surface area contributed by atoms with Crippen molar-refractivity contribution < 1.29 is 27.8 Å². The van der Waals surface area contributed by atoms with Crippen LogP contribution < -0.4 is 4.74 Å². The van der Waals surface area contributed by atoms with Gasteiger partial charge >= 0.3 is 12.1 Å². The molecule has 3 aromatic rings. The lowest BCUT2D eigenvalue weighted by Crippen LogP contribution is -2.04. The molecule has 0 aliphatic heterocycles. The van der Waals surface area contributed by atoms with E-state index in [4.69, 9.17) is 4.74 Å². The molecule has 0 saturated heterocycles. The molecule has 0 amide bonds. The molecule has 0 radical (unpaired) electrons. The van der Waals surface area contributed by atoms with E-state index in [0.717, 1.165) is 23.1 Å². The molecule has 1 N–H and O–H groups in total. The van der Waals surface area contributed by atoms with Crippen LogP contribution in [0.15, 0.2) is 42.6 Å². The van der Waals surface area contributed by atoms with Gasteiger partial charge in [0.15, 0.2) is 0 Å². The molecule has 2 atom stereocenters. The number of carbonyl (C=O) groups is 1. The zero-order valence-electron chi connectivity index (χ0n) is 14.2. The van der Waals surface area contributed by atoms with Crippen molar-refractivity contribution in [1.82, 2.24) is 9.78 Å². The number of nitrogens with zero attached hydrogens (tertiary/aromatic N) is 2. The molecule has 1 aliphatic carbocycles. The first-order valence-corrected chi connectivity index (χ1v) is 8.27. The molecule has 1 fully saturated rings. The Morgan fingerprint density at radius 1 is 1.22 bits per heavy atom. The van der Waals surface area contributed by atoms with E-state index in [1.54, 1.807) is 30.1 Å². The van der Waals surface area contributed by atoms with Gasteiger partial charge in [0.1, 0.15) is 11.5 Å². The Bertz CT molecular complexity index is 1030. The normalized spacial score (nSPS) is 19.3. The Balaban J connectivity index is 1.67. The first kappa shape index (κ1) is 17.4. The molecule has 1 aliphatic rings. The molecule has 0 spiro atoms. The van der Waals surface area contributed by atoms with Crippen molar-refractivity contribution in [2.45, 2.75) is 18.5 Å². The number of halogens is 3. The number of aromatic nitrogens is 2. The lowest BCUT2D eigenvalue weighted by Gasteiger charge is -2.10. The monoisotopic (exact) mass is 376 g/mol. The SMILES string of the molecule is Cn1cc2cc(Oc3ccc(C(F)(F)F)cc3)cc([C@@H]3C[C@H]3C(=O)O)c2n1. The number of hydrogen-bond acceptors (Lipinski definition) is 3. The number of aryl methyl sites for hydroxylation is 1. The maximum absolute atomic E-state index is 12.7. The number of hydrogen-bond donors (Lipinski definition) is 1.